The minimum Gasteiger partial charge on any atom is -0.394 e. The van der Waals surface area contributed by atoms with Crippen molar-refractivity contribution in [3.8, 4) is 0 Å². The Morgan fingerprint density at radius 1 is 1.36 bits per heavy atom. The zero-order valence-electron chi connectivity index (χ0n) is 7.76. The quantitative estimate of drug-likeness (QED) is 0.570. The first-order valence-corrected chi connectivity index (χ1v) is 5.59. The van der Waals surface area contributed by atoms with Crippen molar-refractivity contribution in [3.05, 3.63) is 12.3 Å². The molecule has 0 amide bonds. The maximum Gasteiger partial charge on any atom is 0.378 e. The molecule has 0 bridgehead atoms. The van der Waals surface area contributed by atoms with Gasteiger partial charge in [0.15, 0.2) is 0 Å². The van der Waals surface area contributed by atoms with Crippen molar-refractivity contribution in [1.82, 2.24) is 4.90 Å². The molecule has 0 atom stereocenters. The van der Waals surface area contributed by atoms with Gasteiger partial charge in [-0.3, -0.25) is 0 Å². The van der Waals surface area contributed by atoms with Crippen molar-refractivity contribution in [3.63, 3.8) is 0 Å². The molecule has 0 rings (SSSR count). The summed E-state index contributed by atoms with van der Waals surface area (Å²) in [6.07, 6.45) is 0.809. The molecular formula is C7H17NO2Si. The van der Waals surface area contributed by atoms with E-state index in [1.807, 2.05) is 19.0 Å². The van der Waals surface area contributed by atoms with E-state index in [0.29, 0.717) is 0 Å². The molecule has 0 aliphatic rings. The maximum atomic E-state index is 5.30. The van der Waals surface area contributed by atoms with Gasteiger partial charge in [-0.25, -0.2) is 0 Å². The Balaban J connectivity index is 4.16. The van der Waals surface area contributed by atoms with Crippen molar-refractivity contribution in [1.29, 1.82) is 0 Å². The third-order valence-corrected chi connectivity index (χ3v) is 4.62. The topological polar surface area (TPSA) is 21.7 Å². The van der Waals surface area contributed by atoms with E-state index >= 15 is 0 Å². The normalized spacial score (nSPS) is 12.1. The van der Waals surface area contributed by atoms with Crippen LogP contribution in [0.3, 0.4) is 0 Å². The predicted molar refractivity (Wildman–Crippen MR) is 48.5 cm³/mol. The largest absolute Gasteiger partial charge is 0.394 e. The average Bonchev–Trinajstić information content (AvgIpc) is 2.00. The first-order valence-electron chi connectivity index (χ1n) is 3.49. The third kappa shape index (κ3) is 3.16. The number of hydrogen-bond donors (Lipinski definition) is 0. The molecular weight excluding hydrogens is 158 g/mol. The average molecular weight is 175 g/mol. The summed E-state index contributed by atoms with van der Waals surface area (Å²) in [5.41, 5.74) is 1.80. The second kappa shape index (κ2) is 4.66. The number of nitrogens with zero attached hydrogens (tertiary/aromatic N) is 1. The van der Waals surface area contributed by atoms with Crippen LogP contribution >= 0.6 is 0 Å². The molecule has 0 spiro atoms. The van der Waals surface area contributed by atoms with Gasteiger partial charge in [-0.05, 0) is 19.8 Å². The van der Waals surface area contributed by atoms with Crippen LogP contribution in [0.15, 0.2) is 12.3 Å². The van der Waals surface area contributed by atoms with E-state index in [9.17, 15) is 0 Å². The van der Waals surface area contributed by atoms with Crippen LogP contribution in [-0.2, 0) is 8.85 Å². The second-order valence-corrected chi connectivity index (χ2v) is 5.83. The smallest absolute Gasteiger partial charge is 0.378 e. The van der Waals surface area contributed by atoms with Gasteiger partial charge < -0.3 is 13.8 Å². The Bertz CT molecular complexity index is 124. The fraction of sp³-hybridized carbons (Fsp3) is 0.714. The molecule has 0 aromatic rings. The summed E-state index contributed by atoms with van der Waals surface area (Å²) in [4.78, 5) is 2.04. The van der Waals surface area contributed by atoms with Crippen molar-refractivity contribution in [2.45, 2.75) is 0 Å². The predicted octanol–water partition coefficient (Wildman–Crippen LogP) is 0.547. The van der Waals surface area contributed by atoms with Gasteiger partial charge in [-0.1, -0.05) is 0 Å². The lowest BCUT2D eigenvalue weighted by Crippen LogP contribution is -2.48. The summed E-state index contributed by atoms with van der Waals surface area (Å²) in [6, 6.07) is 0. The van der Waals surface area contributed by atoms with E-state index in [4.69, 9.17) is 8.85 Å². The van der Waals surface area contributed by atoms with Gasteiger partial charge in [0, 0.05) is 20.4 Å². The summed E-state index contributed by atoms with van der Waals surface area (Å²) in [5.74, 6) is 0. The van der Waals surface area contributed by atoms with Crippen LogP contribution in [0.2, 0.25) is 0 Å². The highest BCUT2D eigenvalue weighted by atomic mass is 28.4. The standard InChI is InChI=1S/C7H17NO2Si/c1-6-11(9-4,10-5)7-8(2)3/h6H,1,7H2,2-5H3. The summed E-state index contributed by atoms with van der Waals surface area (Å²) < 4.78 is 10.6. The summed E-state index contributed by atoms with van der Waals surface area (Å²) in [5, 5.41) is 0. The van der Waals surface area contributed by atoms with Crippen molar-refractivity contribution in [2.75, 3.05) is 34.5 Å². The van der Waals surface area contributed by atoms with Gasteiger partial charge in [0.05, 0.1) is 0 Å². The van der Waals surface area contributed by atoms with Crippen LogP contribution in [-0.4, -0.2) is 47.9 Å². The minimum absolute atomic E-state index is 0.809. The monoisotopic (exact) mass is 175 g/mol. The second-order valence-electron chi connectivity index (χ2n) is 2.66. The molecule has 0 aromatic heterocycles. The highest BCUT2D eigenvalue weighted by Crippen LogP contribution is 2.06. The first kappa shape index (κ1) is 10.8. The van der Waals surface area contributed by atoms with Crippen LogP contribution in [0, 0.1) is 0 Å². The van der Waals surface area contributed by atoms with E-state index in [-0.39, 0.29) is 0 Å². The number of rotatable bonds is 5. The third-order valence-electron chi connectivity index (χ3n) is 1.54. The highest BCUT2D eigenvalue weighted by Gasteiger charge is 2.32. The maximum absolute atomic E-state index is 5.30. The lowest BCUT2D eigenvalue weighted by atomic mass is 11.0. The molecule has 4 heteroatoms. The fourth-order valence-corrected chi connectivity index (χ4v) is 2.65. The van der Waals surface area contributed by atoms with Gasteiger partial charge in [0.2, 0.25) is 0 Å². The summed E-state index contributed by atoms with van der Waals surface area (Å²) in [6.45, 7) is 3.71. The van der Waals surface area contributed by atoms with Gasteiger partial charge in [0.25, 0.3) is 0 Å². The van der Waals surface area contributed by atoms with E-state index in [1.54, 1.807) is 19.9 Å². The van der Waals surface area contributed by atoms with Gasteiger partial charge >= 0.3 is 8.56 Å². The fourth-order valence-electron chi connectivity index (χ4n) is 0.884. The van der Waals surface area contributed by atoms with E-state index < -0.39 is 8.56 Å². The molecule has 3 nitrogen and oxygen atoms in total. The van der Waals surface area contributed by atoms with E-state index in [0.717, 1.165) is 6.17 Å². The van der Waals surface area contributed by atoms with Crippen LogP contribution in [0.5, 0.6) is 0 Å². The molecule has 0 radical (unpaired) electrons. The van der Waals surface area contributed by atoms with Crippen LogP contribution in [0.25, 0.3) is 0 Å². The van der Waals surface area contributed by atoms with Crippen LogP contribution in [0.4, 0.5) is 0 Å². The Morgan fingerprint density at radius 2 is 1.82 bits per heavy atom. The Kier molecular flexibility index (Phi) is 4.59. The molecule has 0 saturated carbocycles. The lowest BCUT2D eigenvalue weighted by molar-refractivity contribution is 0.236. The minimum atomic E-state index is -2.09. The Labute approximate surface area is 69.9 Å². The molecule has 0 fully saturated rings. The molecule has 0 aliphatic heterocycles. The zero-order valence-corrected chi connectivity index (χ0v) is 8.76. The van der Waals surface area contributed by atoms with E-state index in [2.05, 4.69) is 6.58 Å². The van der Waals surface area contributed by atoms with E-state index in [1.165, 1.54) is 0 Å². The van der Waals surface area contributed by atoms with Crippen molar-refractivity contribution < 1.29 is 8.85 Å². The van der Waals surface area contributed by atoms with Gasteiger partial charge in [0.1, 0.15) is 0 Å². The SMILES string of the molecule is C=C[Si](CN(C)C)(OC)OC. The van der Waals surface area contributed by atoms with Gasteiger partial charge in [-0.2, -0.15) is 0 Å². The Hall–Kier alpha value is -0.163. The first-order chi connectivity index (χ1) is 5.10. The zero-order chi connectivity index (χ0) is 8.91. The molecule has 0 aromatic carbocycles. The van der Waals surface area contributed by atoms with Crippen LogP contribution < -0.4 is 0 Å². The molecule has 0 heterocycles. The summed E-state index contributed by atoms with van der Waals surface area (Å²) >= 11 is 0. The molecule has 0 aliphatic carbocycles. The Morgan fingerprint density at radius 3 is 1.91 bits per heavy atom. The molecule has 0 saturated heterocycles. The molecule has 11 heavy (non-hydrogen) atoms. The highest BCUT2D eigenvalue weighted by molar-refractivity contribution is 6.72. The lowest BCUT2D eigenvalue weighted by Gasteiger charge is -2.26. The van der Waals surface area contributed by atoms with Crippen molar-refractivity contribution in [2.24, 2.45) is 0 Å². The van der Waals surface area contributed by atoms with Crippen molar-refractivity contribution >= 4 is 8.56 Å². The number of hydrogen-bond acceptors (Lipinski definition) is 3. The molecule has 0 N–H and O–H groups in total. The van der Waals surface area contributed by atoms with Crippen LogP contribution in [0.1, 0.15) is 0 Å². The summed E-state index contributed by atoms with van der Waals surface area (Å²) in [7, 11) is 5.22. The molecule has 0 unspecified atom stereocenters. The van der Waals surface area contributed by atoms with Gasteiger partial charge in [-0.15, -0.1) is 6.58 Å². The molecule has 66 valence electrons.